The van der Waals surface area contributed by atoms with Crippen LogP contribution in [0.1, 0.15) is 29.7 Å². The van der Waals surface area contributed by atoms with E-state index in [-0.39, 0.29) is 11.3 Å². The molecule has 3 aromatic rings. The molecule has 1 saturated heterocycles. The van der Waals surface area contributed by atoms with Gasteiger partial charge in [0, 0.05) is 11.3 Å². The third kappa shape index (κ3) is 3.82. The smallest absolute Gasteiger partial charge is 0.300 e. The van der Waals surface area contributed by atoms with Gasteiger partial charge in [0.05, 0.1) is 18.2 Å². The molecule has 1 atom stereocenters. The topological polar surface area (TPSA) is 66.8 Å². The summed E-state index contributed by atoms with van der Waals surface area (Å²) in [6.45, 7) is 4.37. The Balaban J connectivity index is 1.91. The van der Waals surface area contributed by atoms with E-state index in [4.69, 9.17) is 4.74 Å². The van der Waals surface area contributed by atoms with E-state index in [1.165, 1.54) is 4.90 Å². The van der Waals surface area contributed by atoms with Gasteiger partial charge in [0.2, 0.25) is 0 Å². The molecule has 0 saturated carbocycles. The first kappa shape index (κ1) is 20.4. The molecule has 31 heavy (non-hydrogen) atoms. The highest BCUT2D eigenvalue weighted by molar-refractivity contribution is 6.51. The zero-order chi connectivity index (χ0) is 22.0. The van der Waals surface area contributed by atoms with Crippen molar-refractivity contribution in [2.24, 2.45) is 0 Å². The Morgan fingerprint density at radius 1 is 0.968 bits per heavy atom. The van der Waals surface area contributed by atoms with Crippen molar-refractivity contribution in [2.45, 2.75) is 19.9 Å². The minimum atomic E-state index is -0.752. The molecule has 1 unspecified atom stereocenters. The Hall–Kier alpha value is -3.86. The maximum absolute atomic E-state index is 13.1. The summed E-state index contributed by atoms with van der Waals surface area (Å²) in [5.74, 6) is -0.862. The van der Waals surface area contributed by atoms with E-state index in [0.717, 1.165) is 5.56 Å². The maximum atomic E-state index is 13.1. The number of aliphatic hydroxyl groups is 1. The quantitative estimate of drug-likeness (QED) is 0.362. The van der Waals surface area contributed by atoms with Crippen molar-refractivity contribution in [1.82, 2.24) is 0 Å². The fourth-order valence-corrected chi connectivity index (χ4v) is 3.86. The number of hydrogen-bond donors (Lipinski definition) is 1. The highest BCUT2D eigenvalue weighted by Crippen LogP contribution is 2.42. The average molecular weight is 413 g/mol. The molecule has 0 aliphatic carbocycles. The lowest BCUT2D eigenvalue weighted by molar-refractivity contribution is -0.132. The lowest BCUT2D eigenvalue weighted by Gasteiger charge is -2.26. The first-order chi connectivity index (χ1) is 15.0. The second-order valence-electron chi connectivity index (χ2n) is 7.38. The van der Waals surface area contributed by atoms with E-state index in [0.29, 0.717) is 29.2 Å². The van der Waals surface area contributed by atoms with Crippen LogP contribution < -0.4 is 9.64 Å². The number of carbonyl (C=O) groups excluding carboxylic acids is 2. The van der Waals surface area contributed by atoms with E-state index < -0.39 is 17.7 Å². The number of aryl methyl sites for hydroxylation is 1. The Morgan fingerprint density at radius 3 is 2.32 bits per heavy atom. The Morgan fingerprint density at radius 2 is 1.68 bits per heavy atom. The van der Waals surface area contributed by atoms with Crippen molar-refractivity contribution in [3.63, 3.8) is 0 Å². The van der Waals surface area contributed by atoms with E-state index in [2.05, 4.69) is 0 Å². The Labute approximate surface area is 181 Å². The third-order valence-corrected chi connectivity index (χ3v) is 5.28. The van der Waals surface area contributed by atoms with Gasteiger partial charge in [-0.2, -0.15) is 0 Å². The Bertz CT molecular complexity index is 1150. The molecule has 3 aromatic carbocycles. The molecule has 4 rings (SSSR count). The molecular weight excluding hydrogens is 390 g/mol. The van der Waals surface area contributed by atoms with Crippen LogP contribution in [0.25, 0.3) is 5.76 Å². The molecule has 1 aliphatic rings. The van der Waals surface area contributed by atoms with Crippen LogP contribution in [0.3, 0.4) is 0 Å². The van der Waals surface area contributed by atoms with Gasteiger partial charge in [0.25, 0.3) is 11.7 Å². The first-order valence-corrected chi connectivity index (χ1v) is 10.2. The number of hydrogen-bond acceptors (Lipinski definition) is 4. The number of rotatable bonds is 5. The molecule has 0 radical (unpaired) electrons. The summed E-state index contributed by atoms with van der Waals surface area (Å²) in [5.41, 5.74) is 2.84. The van der Waals surface area contributed by atoms with E-state index in [1.54, 1.807) is 42.5 Å². The highest BCUT2D eigenvalue weighted by Gasteiger charge is 2.46. The number of ether oxygens (including phenoxy) is 1. The first-order valence-electron chi connectivity index (χ1n) is 10.2. The summed E-state index contributed by atoms with van der Waals surface area (Å²) in [6.07, 6.45) is 0. The van der Waals surface area contributed by atoms with E-state index in [1.807, 2.05) is 50.2 Å². The minimum Gasteiger partial charge on any atom is -0.507 e. The van der Waals surface area contributed by atoms with Gasteiger partial charge in [-0.1, -0.05) is 54.6 Å². The van der Waals surface area contributed by atoms with Gasteiger partial charge in [-0.25, -0.2) is 0 Å². The highest BCUT2D eigenvalue weighted by atomic mass is 16.5. The van der Waals surface area contributed by atoms with E-state index in [9.17, 15) is 14.7 Å². The van der Waals surface area contributed by atoms with Gasteiger partial charge in [0.15, 0.2) is 0 Å². The van der Waals surface area contributed by atoms with Gasteiger partial charge in [-0.15, -0.1) is 0 Å². The van der Waals surface area contributed by atoms with Crippen LogP contribution in [0.5, 0.6) is 5.75 Å². The molecule has 1 amide bonds. The minimum absolute atomic E-state index is 0.0712. The summed E-state index contributed by atoms with van der Waals surface area (Å²) in [7, 11) is 0. The standard InChI is InChI=1S/C26H23NO4/c1-3-31-21-14-12-18(13-15-21)23-22(24(28)19-9-5-4-6-10-19)25(29)26(30)27(23)20-11-7-8-17(2)16-20/h4-16,23,28H,3H2,1-2H3/b24-22+. The molecule has 0 spiro atoms. The summed E-state index contributed by atoms with van der Waals surface area (Å²) < 4.78 is 5.53. The average Bonchev–Trinajstić information content (AvgIpc) is 3.05. The van der Waals surface area contributed by atoms with Gasteiger partial charge in [-0.05, 0) is 49.2 Å². The molecule has 0 aromatic heterocycles. The number of aliphatic hydroxyl groups excluding tert-OH is 1. The molecule has 1 N–H and O–H groups in total. The monoisotopic (exact) mass is 413 g/mol. The predicted molar refractivity (Wildman–Crippen MR) is 120 cm³/mol. The number of amides is 1. The van der Waals surface area contributed by atoms with Crippen molar-refractivity contribution in [2.75, 3.05) is 11.5 Å². The largest absolute Gasteiger partial charge is 0.507 e. The van der Waals surface area contributed by atoms with Gasteiger partial charge in [-0.3, -0.25) is 14.5 Å². The molecule has 0 bridgehead atoms. The molecule has 1 aliphatic heterocycles. The normalized spacial score (nSPS) is 17.7. The summed E-state index contributed by atoms with van der Waals surface area (Å²) >= 11 is 0. The lowest BCUT2D eigenvalue weighted by Crippen LogP contribution is -2.29. The number of anilines is 1. The SMILES string of the molecule is CCOc1ccc(C2/C(=C(\O)c3ccccc3)C(=O)C(=O)N2c2cccc(C)c2)cc1. The zero-order valence-electron chi connectivity index (χ0n) is 17.4. The number of ketones is 1. The van der Waals surface area contributed by atoms with Crippen LogP contribution in [-0.4, -0.2) is 23.4 Å². The van der Waals surface area contributed by atoms with Crippen molar-refractivity contribution >= 4 is 23.1 Å². The second kappa shape index (κ2) is 8.48. The second-order valence-corrected chi connectivity index (χ2v) is 7.38. The molecule has 5 nitrogen and oxygen atoms in total. The van der Waals surface area contributed by atoms with Crippen LogP contribution in [0.4, 0.5) is 5.69 Å². The van der Waals surface area contributed by atoms with Crippen LogP contribution in [-0.2, 0) is 9.59 Å². The molecule has 156 valence electrons. The zero-order valence-corrected chi connectivity index (χ0v) is 17.4. The van der Waals surface area contributed by atoms with Crippen molar-refractivity contribution in [3.05, 3.63) is 101 Å². The number of benzene rings is 3. The van der Waals surface area contributed by atoms with Gasteiger partial charge in [0.1, 0.15) is 11.5 Å². The van der Waals surface area contributed by atoms with Gasteiger partial charge < -0.3 is 9.84 Å². The lowest BCUT2D eigenvalue weighted by atomic mass is 9.95. The fourth-order valence-electron chi connectivity index (χ4n) is 3.86. The van der Waals surface area contributed by atoms with Crippen LogP contribution in [0, 0.1) is 6.92 Å². The maximum Gasteiger partial charge on any atom is 0.300 e. The van der Waals surface area contributed by atoms with Crippen LogP contribution in [0.15, 0.2) is 84.4 Å². The number of carbonyl (C=O) groups is 2. The van der Waals surface area contributed by atoms with Crippen LogP contribution >= 0.6 is 0 Å². The van der Waals surface area contributed by atoms with Crippen molar-refractivity contribution in [1.29, 1.82) is 0 Å². The van der Waals surface area contributed by atoms with E-state index >= 15 is 0 Å². The summed E-state index contributed by atoms with van der Waals surface area (Å²) in [4.78, 5) is 27.7. The Kier molecular flexibility index (Phi) is 5.58. The van der Waals surface area contributed by atoms with Crippen LogP contribution in [0.2, 0.25) is 0 Å². The summed E-state index contributed by atoms with van der Waals surface area (Å²) in [5, 5.41) is 11.1. The predicted octanol–water partition coefficient (Wildman–Crippen LogP) is 5.02. The fraction of sp³-hybridized carbons (Fsp3) is 0.154. The van der Waals surface area contributed by atoms with Gasteiger partial charge >= 0.3 is 0 Å². The van der Waals surface area contributed by atoms with Crippen molar-refractivity contribution in [3.8, 4) is 5.75 Å². The molecule has 1 fully saturated rings. The molecule has 5 heteroatoms. The van der Waals surface area contributed by atoms with Crippen molar-refractivity contribution < 1.29 is 19.4 Å². The molecule has 1 heterocycles. The number of Topliss-reactive ketones (excluding diaryl/α,β-unsaturated/α-hetero) is 1. The summed E-state index contributed by atoms with van der Waals surface area (Å²) in [6, 6.07) is 22.7. The third-order valence-electron chi connectivity index (χ3n) is 5.28. The molecular formula is C26H23NO4. The number of nitrogens with zero attached hydrogens (tertiary/aromatic N) is 1.